The summed E-state index contributed by atoms with van der Waals surface area (Å²) < 4.78 is 13.5. The van der Waals surface area contributed by atoms with Gasteiger partial charge in [0.1, 0.15) is 11.9 Å². The first-order valence-electron chi connectivity index (χ1n) is 6.02. The van der Waals surface area contributed by atoms with Crippen LogP contribution in [0.25, 0.3) is 0 Å². The Bertz CT molecular complexity index is 543. The molecule has 0 saturated heterocycles. The Morgan fingerprint density at radius 2 is 1.95 bits per heavy atom. The fourth-order valence-corrected chi connectivity index (χ4v) is 1.91. The van der Waals surface area contributed by atoms with Gasteiger partial charge in [0.15, 0.2) is 0 Å². The maximum Gasteiger partial charge on any atom is 0.326 e. The average molecular weight is 318 g/mol. The van der Waals surface area contributed by atoms with Gasteiger partial charge < -0.3 is 15.5 Å². The zero-order valence-corrected chi connectivity index (χ0v) is 11.6. The van der Waals surface area contributed by atoms with E-state index < -0.39 is 35.3 Å². The Kier molecular flexibility index (Phi) is 6.10. The van der Waals surface area contributed by atoms with Crippen molar-refractivity contribution in [2.24, 2.45) is 0 Å². The molecule has 1 amide bonds. The lowest BCUT2D eigenvalue weighted by atomic mass is 10.1. The van der Waals surface area contributed by atoms with Crippen molar-refractivity contribution >= 4 is 29.4 Å². The molecule has 0 spiro atoms. The summed E-state index contributed by atoms with van der Waals surface area (Å²) >= 11 is 5.71. The number of hydrogen-bond donors (Lipinski definition) is 3. The molecule has 0 bridgehead atoms. The van der Waals surface area contributed by atoms with Crippen molar-refractivity contribution in [1.82, 2.24) is 5.32 Å². The van der Waals surface area contributed by atoms with Gasteiger partial charge >= 0.3 is 11.9 Å². The minimum absolute atomic E-state index is 0.0670. The molecule has 0 unspecified atom stereocenters. The summed E-state index contributed by atoms with van der Waals surface area (Å²) in [5, 5.41) is 19.5. The third-order valence-corrected chi connectivity index (χ3v) is 2.99. The van der Waals surface area contributed by atoms with Gasteiger partial charge in [-0.2, -0.15) is 0 Å². The van der Waals surface area contributed by atoms with E-state index in [2.05, 4.69) is 5.32 Å². The molecule has 0 aliphatic heterocycles. The molecule has 0 heterocycles. The van der Waals surface area contributed by atoms with E-state index in [-0.39, 0.29) is 24.3 Å². The highest BCUT2D eigenvalue weighted by molar-refractivity contribution is 6.33. The number of benzene rings is 1. The van der Waals surface area contributed by atoms with Gasteiger partial charge in [-0.3, -0.25) is 9.59 Å². The summed E-state index contributed by atoms with van der Waals surface area (Å²) in [6.07, 6.45) is -0.239. The molecule has 1 aromatic rings. The molecule has 3 N–H and O–H groups in total. The van der Waals surface area contributed by atoms with E-state index in [9.17, 15) is 18.8 Å². The number of hydrogen-bond acceptors (Lipinski definition) is 3. The van der Waals surface area contributed by atoms with Crippen molar-refractivity contribution < 1.29 is 29.0 Å². The van der Waals surface area contributed by atoms with Crippen LogP contribution in [-0.4, -0.2) is 34.1 Å². The van der Waals surface area contributed by atoms with Gasteiger partial charge in [-0.15, -0.1) is 0 Å². The van der Waals surface area contributed by atoms with Gasteiger partial charge in [-0.1, -0.05) is 17.7 Å². The molecule has 0 aliphatic carbocycles. The normalized spacial score (nSPS) is 11.7. The van der Waals surface area contributed by atoms with Crippen molar-refractivity contribution in [3.63, 3.8) is 0 Å². The van der Waals surface area contributed by atoms with E-state index in [1.165, 1.54) is 12.1 Å². The summed E-state index contributed by atoms with van der Waals surface area (Å²) in [6.45, 7) is 0. The predicted molar refractivity (Wildman–Crippen MR) is 71.8 cm³/mol. The molecule has 0 saturated carbocycles. The van der Waals surface area contributed by atoms with Gasteiger partial charge in [-0.05, 0) is 25.0 Å². The number of rotatable bonds is 7. The van der Waals surface area contributed by atoms with E-state index in [0.29, 0.717) is 0 Å². The largest absolute Gasteiger partial charge is 0.481 e. The lowest BCUT2D eigenvalue weighted by Crippen LogP contribution is -2.41. The maximum absolute atomic E-state index is 13.5. The number of carbonyl (C=O) groups is 3. The highest BCUT2D eigenvalue weighted by atomic mass is 35.5. The van der Waals surface area contributed by atoms with Gasteiger partial charge in [0.05, 0.1) is 10.6 Å². The van der Waals surface area contributed by atoms with Gasteiger partial charge in [-0.25, -0.2) is 9.18 Å². The molecule has 1 aromatic carbocycles. The highest BCUT2D eigenvalue weighted by Crippen LogP contribution is 2.19. The molecule has 21 heavy (non-hydrogen) atoms. The molecular weight excluding hydrogens is 305 g/mol. The van der Waals surface area contributed by atoms with Crippen molar-refractivity contribution in [3.8, 4) is 0 Å². The number of carboxylic acid groups (broad SMARTS) is 2. The topological polar surface area (TPSA) is 104 Å². The number of halogens is 2. The van der Waals surface area contributed by atoms with E-state index in [1.807, 2.05) is 0 Å². The second kappa shape index (κ2) is 7.58. The SMILES string of the molecule is O=C(O)CCC[C@@H](NC(=O)c1c(F)cccc1Cl)C(=O)O. The molecule has 1 atom stereocenters. The molecule has 0 radical (unpaired) electrons. The summed E-state index contributed by atoms with van der Waals surface area (Å²) in [5.74, 6) is -4.22. The van der Waals surface area contributed by atoms with E-state index in [0.717, 1.165) is 6.07 Å². The van der Waals surface area contributed by atoms with Crippen molar-refractivity contribution in [1.29, 1.82) is 0 Å². The van der Waals surface area contributed by atoms with Crippen LogP contribution >= 0.6 is 11.6 Å². The number of aliphatic carboxylic acids is 2. The summed E-state index contributed by atoms with van der Waals surface area (Å²) in [5.41, 5.74) is -0.441. The molecular formula is C13H13ClFNO5. The van der Waals surface area contributed by atoms with Crippen LogP contribution in [0, 0.1) is 5.82 Å². The van der Waals surface area contributed by atoms with Crippen LogP contribution < -0.4 is 5.32 Å². The predicted octanol–water partition coefficient (Wildman–Crippen LogP) is 1.92. The number of amides is 1. The quantitative estimate of drug-likeness (QED) is 0.712. The van der Waals surface area contributed by atoms with Crippen LogP contribution in [0.15, 0.2) is 18.2 Å². The molecule has 0 fully saturated rings. The first-order valence-corrected chi connectivity index (χ1v) is 6.40. The van der Waals surface area contributed by atoms with Crippen LogP contribution in [0.2, 0.25) is 5.02 Å². The van der Waals surface area contributed by atoms with Gasteiger partial charge in [0.2, 0.25) is 0 Å². The Labute approximate surface area is 124 Å². The lowest BCUT2D eigenvalue weighted by Gasteiger charge is -2.15. The molecule has 8 heteroatoms. The maximum atomic E-state index is 13.5. The minimum atomic E-state index is -1.33. The molecule has 6 nitrogen and oxygen atoms in total. The van der Waals surface area contributed by atoms with Crippen molar-refractivity contribution in [3.05, 3.63) is 34.6 Å². The Morgan fingerprint density at radius 3 is 2.48 bits per heavy atom. The lowest BCUT2D eigenvalue weighted by molar-refractivity contribution is -0.140. The zero-order valence-electron chi connectivity index (χ0n) is 10.8. The summed E-state index contributed by atoms with van der Waals surface area (Å²) in [6, 6.07) is 2.34. The molecule has 0 aliphatic rings. The first kappa shape index (κ1) is 16.9. The van der Waals surface area contributed by atoms with E-state index in [4.69, 9.17) is 21.8 Å². The van der Waals surface area contributed by atoms with Crippen LogP contribution in [-0.2, 0) is 9.59 Å². The van der Waals surface area contributed by atoms with Crippen molar-refractivity contribution in [2.45, 2.75) is 25.3 Å². The average Bonchev–Trinajstić information content (AvgIpc) is 2.36. The fourth-order valence-electron chi connectivity index (χ4n) is 1.66. The first-order chi connectivity index (χ1) is 9.82. The second-order valence-electron chi connectivity index (χ2n) is 4.25. The molecule has 0 aromatic heterocycles. The van der Waals surface area contributed by atoms with Crippen LogP contribution in [0.5, 0.6) is 0 Å². The minimum Gasteiger partial charge on any atom is -0.481 e. The zero-order chi connectivity index (χ0) is 16.0. The smallest absolute Gasteiger partial charge is 0.326 e. The monoisotopic (exact) mass is 317 g/mol. The fraction of sp³-hybridized carbons (Fsp3) is 0.308. The van der Waals surface area contributed by atoms with E-state index in [1.54, 1.807) is 0 Å². The Hall–Kier alpha value is -2.15. The number of carboxylic acids is 2. The van der Waals surface area contributed by atoms with Crippen LogP contribution in [0.4, 0.5) is 4.39 Å². The summed E-state index contributed by atoms with van der Waals surface area (Å²) in [7, 11) is 0. The molecule has 1 rings (SSSR count). The van der Waals surface area contributed by atoms with Gasteiger partial charge in [0.25, 0.3) is 5.91 Å². The van der Waals surface area contributed by atoms with Crippen LogP contribution in [0.1, 0.15) is 29.6 Å². The van der Waals surface area contributed by atoms with Crippen molar-refractivity contribution in [2.75, 3.05) is 0 Å². The van der Waals surface area contributed by atoms with Crippen LogP contribution in [0.3, 0.4) is 0 Å². The second-order valence-corrected chi connectivity index (χ2v) is 4.65. The standard InChI is InChI=1S/C13H13ClFNO5/c14-7-3-1-4-8(15)11(7)12(19)16-9(13(20)21)5-2-6-10(17)18/h1,3-4,9H,2,5-6H2,(H,16,19)(H,17,18)(H,20,21)/t9-/m1/s1. The van der Waals surface area contributed by atoms with E-state index >= 15 is 0 Å². The summed E-state index contributed by atoms with van der Waals surface area (Å²) in [4.78, 5) is 33.3. The van der Waals surface area contributed by atoms with Gasteiger partial charge in [0, 0.05) is 6.42 Å². The highest BCUT2D eigenvalue weighted by Gasteiger charge is 2.23. The third-order valence-electron chi connectivity index (χ3n) is 2.68. The Balaban J connectivity index is 2.77. The number of carbonyl (C=O) groups excluding carboxylic acids is 1. The molecule has 114 valence electrons. The Morgan fingerprint density at radius 1 is 1.29 bits per heavy atom. The number of nitrogens with one attached hydrogen (secondary N) is 1. The third kappa shape index (κ3) is 5.03.